The Kier molecular flexibility index (Phi) is 9.65. The van der Waals surface area contributed by atoms with Crippen molar-refractivity contribution in [1.29, 1.82) is 0 Å². The van der Waals surface area contributed by atoms with Crippen LogP contribution in [0.4, 0.5) is 0 Å². The second kappa shape index (κ2) is 13.5. The van der Waals surface area contributed by atoms with E-state index < -0.39 is 11.9 Å². The molecule has 0 aliphatic carbocycles. The van der Waals surface area contributed by atoms with E-state index in [1.807, 2.05) is 12.1 Å². The molecule has 2 aromatic heterocycles. The summed E-state index contributed by atoms with van der Waals surface area (Å²) in [6, 6.07) is 17.5. The highest BCUT2D eigenvalue weighted by Gasteiger charge is 2.19. The van der Waals surface area contributed by atoms with Gasteiger partial charge in [0.25, 0.3) is 0 Å². The van der Waals surface area contributed by atoms with Crippen LogP contribution >= 0.6 is 0 Å². The van der Waals surface area contributed by atoms with Crippen molar-refractivity contribution < 1.29 is 38.7 Å². The van der Waals surface area contributed by atoms with Crippen LogP contribution in [0.3, 0.4) is 0 Å². The van der Waals surface area contributed by atoms with Gasteiger partial charge in [-0.05, 0) is 24.3 Å². The first-order valence-corrected chi connectivity index (χ1v) is 12.1. The van der Waals surface area contributed by atoms with E-state index in [4.69, 9.17) is 39.1 Å². The van der Waals surface area contributed by atoms with Crippen LogP contribution in [0.1, 0.15) is 20.7 Å². The Hall–Kier alpha value is -3.96. The standard InChI is InChI=1S/C28H28N2O8/c31-9-11-35-13-15-37-27(33)21-17-25(29-23-7-3-1-5-19(21)23)26-18-22(20-6-2-4-8-24(20)30-26)28(34)38-16-14-36-12-10-32/h1-8,17-18,31-32H,9-16H2. The molecule has 2 N–H and O–H groups in total. The number of esters is 2. The fourth-order valence-corrected chi connectivity index (χ4v) is 3.83. The summed E-state index contributed by atoms with van der Waals surface area (Å²) < 4.78 is 21.1. The number of aliphatic hydroxyl groups excluding tert-OH is 2. The molecule has 0 saturated heterocycles. The Morgan fingerprint density at radius 2 is 1.03 bits per heavy atom. The molecule has 2 heterocycles. The molecular formula is C28H28N2O8. The zero-order valence-electron chi connectivity index (χ0n) is 20.7. The fourth-order valence-electron chi connectivity index (χ4n) is 3.83. The number of para-hydroxylation sites is 2. The number of hydrogen-bond acceptors (Lipinski definition) is 10. The Balaban J connectivity index is 1.68. The molecule has 0 aliphatic rings. The lowest BCUT2D eigenvalue weighted by molar-refractivity contribution is 0.0254. The van der Waals surface area contributed by atoms with Crippen molar-refractivity contribution in [2.24, 2.45) is 0 Å². The van der Waals surface area contributed by atoms with Gasteiger partial charge < -0.3 is 29.2 Å². The molecule has 0 fully saturated rings. The summed E-state index contributed by atoms with van der Waals surface area (Å²) in [6.45, 7) is 0.460. The van der Waals surface area contributed by atoms with Crippen LogP contribution in [0.25, 0.3) is 33.2 Å². The number of ether oxygens (including phenoxy) is 4. The predicted octanol–water partition coefficient (Wildman–Crippen LogP) is 2.78. The number of rotatable bonds is 13. The maximum Gasteiger partial charge on any atom is 0.338 e. The number of pyridine rings is 2. The zero-order valence-corrected chi connectivity index (χ0v) is 20.7. The fraction of sp³-hybridized carbons (Fsp3) is 0.286. The second-order valence-electron chi connectivity index (χ2n) is 8.09. The van der Waals surface area contributed by atoms with Crippen LogP contribution < -0.4 is 0 Å². The maximum absolute atomic E-state index is 13.0. The molecule has 4 aromatic rings. The van der Waals surface area contributed by atoms with Crippen LogP contribution in [0.5, 0.6) is 0 Å². The van der Waals surface area contributed by atoms with Crippen LogP contribution in [-0.4, -0.2) is 85.0 Å². The molecule has 0 amide bonds. The van der Waals surface area contributed by atoms with E-state index in [1.165, 1.54) is 0 Å². The minimum Gasteiger partial charge on any atom is -0.460 e. The molecule has 0 radical (unpaired) electrons. The molecule has 38 heavy (non-hydrogen) atoms. The highest BCUT2D eigenvalue weighted by Crippen LogP contribution is 2.28. The summed E-state index contributed by atoms with van der Waals surface area (Å²) in [6.07, 6.45) is 0. The van der Waals surface area contributed by atoms with Gasteiger partial charge in [-0.15, -0.1) is 0 Å². The molecule has 198 valence electrons. The lowest BCUT2D eigenvalue weighted by Gasteiger charge is -2.12. The Bertz CT molecular complexity index is 1300. The van der Waals surface area contributed by atoms with E-state index in [9.17, 15) is 9.59 Å². The monoisotopic (exact) mass is 520 g/mol. The smallest absolute Gasteiger partial charge is 0.338 e. The maximum atomic E-state index is 13.0. The Morgan fingerprint density at radius 3 is 1.45 bits per heavy atom. The van der Waals surface area contributed by atoms with E-state index in [-0.39, 0.29) is 52.9 Å². The lowest BCUT2D eigenvalue weighted by atomic mass is 10.0. The predicted molar refractivity (Wildman–Crippen MR) is 139 cm³/mol. The third-order valence-electron chi connectivity index (χ3n) is 5.53. The van der Waals surface area contributed by atoms with Crippen molar-refractivity contribution in [3.8, 4) is 11.4 Å². The molecule has 10 heteroatoms. The van der Waals surface area contributed by atoms with E-state index in [2.05, 4.69) is 0 Å². The van der Waals surface area contributed by atoms with E-state index in [0.29, 0.717) is 44.3 Å². The third-order valence-corrected chi connectivity index (χ3v) is 5.53. The number of benzene rings is 2. The number of carbonyl (C=O) groups is 2. The molecule has 2 aromatic carbocycles. The van der Waals surface area contributed by atoms with Crippen molar-refractivity contribution in [3.05, 3.63) is 71.8 Å². The van der Waals surface area contributed by atoms with Gasteiger partial charge in [-0.3, -0.25) is 0 Å². The van der Waals surface area contributed by atoms with Crippen LogP contribution in [0, 0.1) is 0 Å². The summed E-state index contributed by atoms with van der Waals surface area (Å²) in [4.78, 5) is 35.3. The SMILES string of the molecule is O=C(OCCOCCO)c1cc(-c2cc(C(=O)OCCOCCO)c3ccccc3n2)nc2ccccc12. The second-order valence-corrected chi connectivity index (χ2v) is 8.09. The Morgan fingerprint density at radius 1 is 0.605 bits per heavy atom. The normalized spacial score (nSPS) is 11.1. The van der Waals surface area contributed by atoms with Crippen molar-refractivity contribution in [1.82, 2.24) is 9.97 Å². The summed E-state index contributed by atoms with van der Waals surface area (Å²) in [5, 5.41) is 18.9. The van der Waals surface area contributed by atoms with Crippen LogP contribution in [-0.2, 0) is 18.9 Å². The van der Waals surface area contributed by atoms with Gasteiger partial charge in [-0.25, -0.2) is 19.6 Å². The largest absolute Gasteiger partial charge is 0.460 e. The summed E-state index contributed by atoms with van der Waals surface area (Å²) in [7, 11) is 0. The lowest BCUT2D eigenvalue weighted by Crippen LogP contribution is -2.13. The molecule has 0 atom stereocenters. The van der Waals surface area contributed by atoms with E-state index in [0.717, 1.165) is 0 Å². The number of carbonyl (C=O) groups excluding carboxylic acids is 2. The number of nitrogens with zero attached hydrogens (tertiary/aromatic N) is 2. The van der Waals surface area contributed by atoms with Crippen molar-refractivity contribution in [2.75, 3.05) is 52.9 Å². The van der Waals surface area contributed by atoms with Crippen molar-refractivity contribution >= 4 is 33.7 Å². The highest BCUT2D eigenvalue weighted by atomic mass is 16.6. The number of aromatic nitrogens is 2. The molecular weight excluding hydrogens is 492 g/mol. The summed E-state index contributed by atoms with van der Waals surface area (Å²) in [5.41, 5.74) is 2.50. The molecule has 0 unspecified atom stereocenters. The average Bonchev–Trinajstić information content (AvgIpc) is 2.95. The van der Waals surface area contributed by atoms with Gasteiger partial charge in [0.05, 0.1) is 73.2 Å². The molecule has 4 rings (SSSR count). The van der Waals surface area contributed by atoms with E-state index >= 15 is 0 Å². The molecule has 0 saturated carbocycles. The van der Waals surface area contributed by atoms with E-state index in [1.54, 1.807) is 48.5 Å². The van der Waals surface area contributed by atoms with Crippen LogP contribution in [0.2, 0.25) is 0 Å². The molecule has 0 spiro atoms. The Labute approximate surface area is 218 Å². The first kappa shape index (κ1) is 27.1. The summed E-state index contributed by atoms with van der Waals surface area (Å²) in [5.74, 6) is -1.11. The highest BCUT2D eigenvalue weighted by molar-refractivity contribution is 6.06. The quantitative estimate of drug-likeness (QED) is 0.200. The number of hydrogen-bond donors (Lipinski definition) is 2. The molecule has 0 aliphatic heterocycles. The van der Waals surface area contributed by atoms with Gasteiger partial charge >= 0.3 is 11.9 Å². The first-order valence-electron chi connectivity index (χ1n) is 12.1. The van der Waals surface area contributed by atoms with Gasteiger partial charge in [0.2, 0.25) is 0 Å². The van der Waals surface area contributed by atoms with Gasteiger partial charge in [-0.1, -0.05) is 36.4 Å². The summed E-state index contributed by atoms with van der Waals surface area (Å²) >= 11 is 0. The van der Waals surface area contributed by atoms with Crippen LogP contribution in [0.15, 0.2) is 60.7 Å². The van der Waals surface area contributed by atoms with Crippen molar-refractivity contribution in [3.63, 3.8) is 0 Å². The van der Waals surface area contributed by atoms with Gasteiger partial charge in [0.15, 0.2) is 0 Å². The van der Waals surface area contributed by atoms with Gasteiger partial charge in [0.1, 0.15) is 13.2 Å². The minimum absolute atomic E-state index is 0.0248. The molecule has 10 nitrogen and oxygen atoms in total. The number of fused-ring (bicyclic) bond motifs is 2. The first-order chi connectivity index (χ1) is 18.6. The van der Waals surface area contributed by atoms with Gasteiger partial charge in [0, 0.05) is 10.8 Å². The average molecular weight is 521 g/mol. The van der Waals surface area contributed by atoms with Gasteiger partial charge in [-0.2, -0.15) is 0 Å². The van der Waals surface area contributed by atoms with Crippen molar-refractivity contribution in [2.45, 2.75) is 0 Å². The minimum atomic E-state index is -0.555. The third kappa shape index (κ3) is 6.67. The topological polar surface area (TPSA) is 137 Å². The zero-order chi connectivity index (χ0) is 26.7. The molecule has 0 bridgehead atoms. The number of aliphatic hydroxyl groups is 2.